The van der Waals surface area contributed by atoms with Crippen LogP contribution in [0.2, 0.25) is 0 Å². The minimum absolute atomic E-state index is 0.00815. The van der Waals surface area contributed by atoms with Gasteiger partial charge in [-0.15, -0.1) is 11.3 Å². The van der Waals surface area contributed by atoms with Crippen molar-refractivity contribution in [3.8, 4) is 10.4 Å². The lowest BCUT2D eigenvalue weighted by Crippen LogP contribution is -2.37. The summed E-state index contributed by atoms with van der Waals surface area (Å²) in [5, 5.41) is 3.53. The lowest BCUT2D eigenvalue weighted by molar-refractivity contribution is -0.122. The summed E-state index contributed by atoms with van der Waals surface area (Å²) >= 11 is 1.51. The van der Waals surface area contributed by atoms with Gasteiger partial charge in [0.25, 0.3) is 5.56 Å². The van der Waals surface area contributed by atoms with Crippen molar-refractivity contribution < 1.29 is 4.79 Å². The number of nitrogens with zero attached hydrogens (tertiary/aromatic N) is 2. The Bertz CT molecular complexity index is 976. The molecular formula is C20H23N3O2S. The van der Waals surface area contributed by atoms with Crippen molar-refractivity contribution in [3.63, 3.8) is 0 Å². The van der Waals surface area contributed by atoms with Gasteiger partial charge in [-0.05, 0) is 31.4 Å². The normalized spacial score (nSPS) is 12.3. The number of carbonyl (C=O) groups excluding carboxylic acids is 1. The molecule has 0 unspecified atom stereocenters. The van der Waals surface area contributed by atoms with Crippen LogP contribution in [0.3, 0.4) is 0 Å². The summed E-state index contributed by atoms with van der Waals surface area (Å²) < 4.78 is 1.39. The first kappa shape index (κ1) is 18.3. The molecule has 6 heteroatoms. The molecule has 1 amide bonds. The summed E-state index contributed by atoms with van der Waals surface area (Å²) in [6.07, 6.45) is 3.40. The van der Waals surface area contributed by atoms with E-state index in [2.05, 4.69) is 17.2 Å². The van der Waals surface area contributed by atoms with E-state index in [9.17, 15) is 9.59 Å². The highest BCUT2D eigenvalue weighted by Gasteiger charge is 2.17. The third-order valence-corrected chi connectivity index (χ3v) is 5.65. The third-order valence-electron chi connectivity index (χ3n) is 4.40. The fraction of sp³-hybridized carbons (Fsp3) is 0.350. The van der Waals surface area contributed by atoms with Gasteiger partial charge in [0.1, 0.15) is 11.4 Å². The Morgan fingerprint density at radius 2 is 2.04 bits per heavy atom. The van der Waals surface area contributed by atoms with Crippen LogP contribution in [0.25, 0.3) is 20.7 Å². The molecule has 3 rings (SSSR count). The standard InChI is InChI=1S/C20H23N3O2S/c1-4-8-13(2)22-16(24)11-23-12-21-19-17(20(23)25)14(3)18(26-19)15-9-6-5-7-10-15/h5-7,9-10,12-13H,4,8,11H2,1-3H3,(H,22,24)/t13-/m1/s1. The van der Waals surface area contributed by atoms with Gasteiger partial charge in [0.05, 0.1) is 11.7 Å². The van der Waals surface area contributed by atoms with Gasteiger partial charge in [-0.3, -0.25) is 14.2 Å². The van der Waals surface area contributed by atoms with Gasteiger partial charge in [0.2, 0.25) is 5.91 Å². The quantitative estimate of drug-likeness (QED) is 0.720. The van der Waals surface area contributed by atoms with Crippen molar-refractivity contribution in [3.05, 3.63) is 52.6 Å². The van der Waals surface area contributed by atoms with E-state index in [1.807, 2.05) is 44.2 Å². The van der Waals surface area contributed by atoms with Crippen LogP contribution in [0.15, 0.2) is 41.5 Å². The fourth-order valence-electron chi connectivity index (χ4n) is 3.12. The maximum absolute atomic E-state index is 12.9. The Morgan fingerprint density at radius 3 is 2.73 bits per heavy atom. The van der Waals surface area contributed by atoms with E-state index in [1.54, 1.807) is 0 Å². The number of aromatic nitrogens is 2. The highest BCUT2D eigenvalue weighted by molar-refractivity contribution is 7.22. The Kier molecular flexibility index (Phi) is 5.52. The average Bonchev–Trinajstić information content (AvgIpc) is 2.96. The molecule has 5 nitrogen and oxygen atoms in total. The maximum Gasteiger partial charge on any atom is 0.262 e. The van der Waals surface area contributed by atoms with Gasteiger partial charge >= 0.3 is 0 Å². The van der Waals surface area contributed by atoms with Crippen LogP contribution in [0.5, 0.6) is 0 Å². The molecule has 136 valence electrons. The first-order chi connectivity index (χ1) is 12.5. The second-order valence-corrected chi connectivity index (χ2v) is 7.54. The smallest absolute Gasteiger partial charge is 0.262 e. The lowest BCUT2D eigenvalue weighted by Gasteiger charge is -2.13. The van der Waals surface area contributed by atoms with Gasteiger partial charge in [0, 0.05) is 10.9 Å². The molecule has 0 aliphatic rings. The summed E-state index contributed by atoms with van der Waals surface area (Å²) in [6.45, 7) is 5.99. The number of nitrogens with one attached hydrogen (secondary N) is 1. The zero-order valence-electron chi connectivity index (χ0n) is 15.3. The minimum atomic E-state index is -0.163. The zero-order valence-corrected chi connectivity index (χ0v) is 16.1. The van der Waals surface area contributed by atoms with Crippen LogP contribution < -0.4 is 10.9 Å². The Balaban J connectivity index is 1.93. The molecule has 2 heterocycles. The fourth-order valence-corrected chi connectivity index (χ4v) is 4.26. The SMILES string of the molecule is CCC[C@@H](C)NC(=O)Cn1cnc2sc(-c3ccccc3)c(C)c2c1=O. The monoisotopic (exact) mass is 369 g/mol. The second kappa shape index (κ2) is 7.83. The Morgan fingerprint density at radius 1 is 1.31 bits per heavy atom. The largest absolute Gasteiger partial charge is 0.352 e. The molecule has 1 aromatic carbocycles. The summed E-state index contributed by atoms with van der Waals surface area (Å²) in [5.41, 5.74) is 1.83. The van der Waals surface area contributed by atoms with Crippen molar-refractivity contribution in [1.29, 1.82) is 0 Å². The molecule has 0 saturated heterocycles. The number of carbonyl (C=O) groups is 1. The Hall–Kier alpha value is -2.47. The van der Waals surface area contributed by atoms with E-state index >= 15 is 0 Å². The third kappa shape index (κ3) is 3.70. The van der Waals surface area contributed by atoms with Gasteiger partial charge in [-0.1, -0.05) is 43.7 Å². The molecule has 0 saturated carbocycles. The number of hydrogen-bond donors (Lipinski definition) is 1. The molecule has 3 aromatic rings. The molecule has 1 N–H and O–H groups in total. The molecular weight excluding hydrogens is 346 g/mol. The number of hydrogen-bond acceptors (Lipinski definition) is 4. The van der Waals surface area contributed by atoms with Gasteiger partial charge in [-0.2, -0.15) is 0 Å². The van der Waals surface area contributed by atoms with Crippen molar-refractivity contribution in [2.45, 2.75) is 46.2 Å². The number of amides is 1. The summed E-state index contributed by atoms with van der Waals surface area (Å²) in [5.74, 6) is -0.162. The summed E-state index contributed by atoms with van der Waals surface area (Å²) in [6, 6.07) is 10.1. The number of fused-ring (bicyclic) bond motifs is 1. The van der Waals surface area contributed by atoms with Crippen molar-refractivity contribution in [2.24, 2.45) is 0 Å². The topological polar surface area (TPSA) is 64.0 Å². The van der Waals surface area contributed by atoms with Gasteiger partial charge in [0.15, 0.2) is 0 Å². The average molecular weight is 369 g/mol. The number of thiophene rings is 1. The van der Waals surface area contributed by atoms with E-state index in [0.717, 1.165) is 28.8 Å². The van der Waals surface area contributed by atoms with Crippen molar-refractivity contribution in [2.75, 3.05) is 0 Å². The summed E-state index contributed by atoms with van der Waals surface area (Å²) in [4.78, 5) is 31.3. The molecule has 1 atom stereocenters. The van der Waals surface area contributed by atoms with Gasteiger partial charge in [-0.25, -0.2) is 4.98 Å². The molecule has 0 radical (unpaired) electrons. The van der Waals surface area contributed by atoms with Crippen LogP contribution in [0, 0.1) is 6.92 Å². The molecule has 0 aliphatic carbocycles. The van der Waals surface area contributed by atoms with E-state index in [-0.39, 0.29) is 24.1 Å². The van der Waals surface area contributed by atoms with E-state index < -0.39 is 0 Å². The van der Waals surface area contributed by atoms with E-state index in [4.69, 9.17) is 0 Å². The molecule has 0 bridgehead atoms. The van der Waals surface area contributed by atoms with Crippen LogP contribution in [0.4, 0.5) is 0 Å². The number of benzene rings is 1. The van der Waals surface area contributed by atoms with Crippen LogP contribution in [-0.4, -0.2) is 21.5 Å². The molecule has 26 heavy (non-hydrogen) atoms. The number of aryl methyl sites for hydroxylation is 1. The van der Waals surface area contributed by atoms with Crippen molar-refractivity contribution in [1.82, 2.24) is 14.9 Å². The van der Waals surface area contributed by atoms with E-state index in [0.29, 0.717) is 10.2 Å². The second-order valence-electron chi connectivity index (χ2n) is 6.54. The highest BCUT2D eigenvalue weighted by atomic mass is 32.1. The lowest BCUT2D eigenvalue weighted by atomic mass is 10.1. The Labute approximate surface area is 156 Å². The predicted molar refractivity (Wildman–Crippen MR) is 107 cm³/mol. The summed E-state index contributed by atoms with van der Waals surface area (Å²) in [7, 11) is 0. The van der Waals surface area contributed by atoms with Gasteiger partial charge < -0.3 is 5.32 Å². The maximum atomic E-state index is 12.9. The molecule has 2 aromatic heterocycles. The molecule has 0 fully saturated rings. The van der Waals surface area contributed by atoms with E-state index in [1.165, 1.54) is 22.2 Å². The number of rotatable bonds is 6. The van der Waals surface area contributed by atoms with Crippen LogP contribution >= 0.6 is 11.3 Å². The van der Waals surface area contributed by atoms with Crippen LogP contribution in [-0.2, 0) is 11.3 Å². The van der Waals surface area contributed by atoms with Crippen LogP contribution in [0.1, 0.15) is 32.3 Å². The molecule has 0 spiro atoms. The molecule has 0 aliphatic heterocycles. The highest BCUT2D eigenvalue weighted by Crippen LogP contribution is 2.35. The first-order valence-electron chi connectivity index (χ1n) is 8.84. The van der Waals surface area contributed by atoms with Crippen molar-refractivity contribution >= 4 is 27.5 Å². The minimum Gasteiger partial charge on any atom is -0.352 e. The first-order valence-corrected chi connectivity index (χ1v) is 9.66. The predicted octanol–water partition coefficient (Wildman–Crippen LogP) is 3.74. The zero-order chi connectivity index (χ0) is 18.7.